The van der Waals surface area contributed by atoms with Crippen molar-refractivity contribution in [3.05, 3.63) is 77.6 Å². The minimum absolute atomic E-state index is 0.125. The molecule has 7 heteroatoms. The number of aryl methyl sites for hydroxylation is 2. The molecule has 1 fully saturated rings. The summed E-state index contributed by atoms with van der Waals surface area (Å²) in [7, 11) is 0. The molecule has 1 aliphatic rings. The fourth-order valence-electron chi connectivity index (χ4n) is 4.30. The Bertz CT molecular complexity index is 1210. The molecular weight excluding hydrogens is 404 g/mol. The first-order chi connectivity index (χ1) is 15.7. The van der Waals surface area contributed by atoms with Crippen molar-refractivity contribution >= 4 is 16.8 Å². The number of amides is 1. The second-order valence-corrected chi connectivity index (χ2v) is 8.25. The molecule has 4 aromatic rings. The number of hydrogen-bond donors (Lipinski definition) is 1. The van der Waals surface area contributed by atoms with Crippen molar-refractivity contribution < 1.29 is 14.1 Å². The summed E-state index contributed by atoms with van der Waals surface area (Å²) in [4.78, 5) is 22.7. The maximum Gasteiger partial charge on any atom is 0.264 e. The van der Waals surface area contributed by atoms with Crippen LogP contribution in [-0.4, -0.2) is 32.5 Å². The highest BCUT2D eigenvalue weighted by atomic mass is 16.5. The van der Waals surface area contributed by atoms with Crippen LogP contribution in [0.4, 0.5) is 0 Å². The Morgan fingerprint density at radius 1 is 1.22 bits per heavy atom. The minimum atomic E-state index is -0.137. The van der Waals surface area contributed by atoms with Gasteiger partial charge in [-0.2, -0.15) is 4.98 Å². The SMILES string of the molecule is Cc1ccc(OCc2nc(C3CCCN3C(=O)CCc3c[nH]c4ccccc34)no2)cc1. The number of nitrogens with zero attached hydrogens (tertiary/aromatic N) is 3. The smallest absolute Gasteiger partial charge is 0.264 e. The van der Waals surface area contributed by atoms with Gasteiger partial charge in [0.2, 0.25) is 5.91 Å². The van der Waals surface area contributed by atoms with Crippen molar-refractivity contribution in [1.82, 2.24) is 20.0 Å². The van der Waals surface area contributed by atoms with Crippen molar-refractivity contribution in [2.24, 2.45) is 0 Å². The highest BCUT2D eigenvalue weighted by Gasteiger charge is 2.33. The molecule has 7 nitrogen and oxygen atoms in total. The van der Waals surface area contributed by atoms with Crippen molar-refractivity contribution in [3.63, 3.8) is 0 Å². The van der Waals surface area contributed by atoms with E-state index in [0.717, 1.165) is 30.7 Å². The van der Waals surface area contributed by atoms with Crippen LogP contribution in [-0.2, 0) is 17.8 Å². The second-order valence-electron chi connectivity index (χ2n) is 8.25. The minimum Gasteiger partial charge on any atom is -0.484 e. The monoisotopic (exact) mass is 430 g/mol. The van der Waals surface area contributed by atoms with Crippen molar-refractivity contribution in [2.75, 3.05) is 6.54 Å². The molecule has 2 aromatic carbocycles. The number of rotatable bonds is 7. The van der Waals surface area contributed by atoms with E-state index in [4.69, 9.17) is 9.26 Å². The molecule has 0 spiro atoms. The van der Waals surface area contributed by atoms with Crippen molar-refractivity contribution in [3.8, 4) is 5.75 Å². The van der Waals surface area contributed by atoms with Crippen LogP contribution in [0.15, 0.2) is 59.3 Å². The Labute approximate surface area is 186 Å². The van der Waals surface area contributed by atoms with E-state index in [2.05, 4.69) is 21.2 Å². The molecule has 3 heterocycles. The maximum absolute atomic E-state index is 13.0. The molecule has 0 aliphatic carbocycles. The third-order valence-electron chi connectivity index (χ3n) is 6.02. The molecule has 0 saturated carbocycles. The predicted molar refractivity (Wildman–Crippen MR) is 120 cm³/mol. The third-order valence-corrected chi connectivity index (χ3v) is 6.02. The van der Waals surface area contributed by atoms with Gasteiger partial charge in [-0.25, -0.2) is 0 Å². The second kappa shape index (κ2) is 8.86. The number of fused-ring (bicyclic) bond motifs is 1. The lowest BCUT2D eigenvalue weighted by molar-refractivity contribution is -0.132. The van der Waals surface area contributed by atoms with Crippen molar-refractivity contribution in [2.45, 2.75) is 45.3 Å². The van der Waals surface area contributed by atoms with Gasteiger partial charge in [0.1, 0.15) is 5.75 Å². The number of aromatic amines is 1. The normalized spacial score (nSPS) is 16.0. The molecular formula is C25H26N4O3. The summed E-state index contributed by atoms with van der Waals surface area (Å²) in [5.74, 6) is 1.86. The summed E-state index contributed by atoms with van der Waals surface area (Å²) in [5, 5.41) is 5.32. The number of benzene rings is 2. The van der Waals surface area contributed by atoms with Crippen LogP contribution in [0.5, 0.6) is 5.75 Å². The van der Waals surface area contributed by atoms with Gasteiger partial charge < -0.3 is 19.1 Å². The van der Waals surface area contributed by atoms with E-state index in [1.165, 1.54) is 16.5 Å². The average molecular weight is 431 g/mol. The maximum atomic E-state index is 13.0. The largest absolute Gasteiger partial charge is 0.484 e. The topological polar surface area (TPSA) is 84.2 Å². The molecule has 1 unspecified atom stereocenters. The number of hydrogen-bond acceptors (Lipinski definition) is 5. The standard InChI is InChI=1S/C25H26N4O3/c1-17-8-11-19(12-9-17)31-16-23-27-25(28-32-23)22-7-4-14-29(22)24(30)13-10-18-15-26-21-6-3-2-5-20(18)21/h2-3,5-6,8-9,11-12,15,22,26H,4,7,10,13-14,16H2,1H3. The lowest BCUT2D eigenvalue weighted by Crippen LogP contribution is -2.31. The number of carbonyl (C=O) groups is 1. The van der Waals surface area contributed by atoms with Crippen LogP contribution in [0.2, 0.25) is 0 Å². The highest BCUT2D eigenvalue weighted by Crippen LogP contribution is 2.31. The van der Waals surface area contributed by atoms with Gasteiger partial charge in [-0.05, 0) is 49.9 Å². The Hall–Kier alpha value is -3.61. The van der Waals surface area contributed by atoms with E-state index >= 15 is 0 Å². The molecule has 0 bridgehead atoms. The Morgan fingerprint density at radius 2 is 2.06 bits per heavy atom. The molecule has 2 aromatic heterocycles. The quantitative estimate of drug-likeness (QED) is 0.458. The molecule has 164 valence electrons. The van der Waals surface area contributed by atoms with E-state index in [1.54, 1.807) is 0 Å². The number of ether oxygens (including phenoxy) is 1. The number of aromatic nitrogens is 3. The van der Waals surface area contributed by atoms with Crippen LogP contribution in [0.3, 0.4) is 0 Å². The lowest BCUT2D eigenvalue weighted by Gasteiger charge is -2.22. The first-order valence-electron chi connectivity index (χ1n) is 11.0. The van der Waals surface area contributed by atoms with Crippen LogP contribution < -0.4 is 4.74 Å². The van der Waals surface area contributed by atoms with Gasteiger partial charge in [0.05, 0.1) is 6.04 Å². The summed E-state index contributed by atoms with van der Waals surface area (Å²) >= 11 is 0. The van der Waals surface area contributed by atoms with E-state index in [0.29, 0.717) is 24.6 Å². The summed E-state index contributed by atoms with van der Waals surface area (Å²) in [6.07, 6.45) is 4.94. The van der Waals surface area contributed by atoms with E-state index < -0.39 is 0 Å². The molecule has 0 radical (unpaired) electrons. The first-order valence-corrected chi connectivity index (χ1v) is 11.0. The molecule has 5 rings (SSSR count). The van der Waals surface area contributed by atoms with Crippen LogP contribution in [0.1, 0.15) is 48.1 Å². The molecule has 1 amide bonds. The number of likely N-dealkylation sites (tertiary alicyclic amines) is 1. The Kier molecular flexibility index (Phi) is 5.62. The van der Waals surface area contributed by atoms with E-state index in [9.17, 15) is 4.79 Å². The van der Waals surface area contributed by atoms with E-state index in [-0.39, 0.29) is 18.6 Å². The summed E-state index contributed by atoms with van der Waals surface area (Å²) < 4.78 is 11.1. The van der Waals surface area contributed by atoms with Gasteiger partial charge in [0, 0.05) is 30.1 Å². The number of carbonyl (C=O) groups excluding carboxylic acids is 1. The van der Waals surface area contributed by atoms with Gasteiger partial charge in [0.25, 0.3) is 5.89 Å². The fraction of sp³-hybridized carbons (Fsp3) is 0.320. The van der Waals surface area contributed by atoms with Crippen LogP contribution >= 0.6 is 0 Å². The summed E-state index contributed by atoms with van der Waals surface area (Å²) in [6.45, 7) is 2.96. The highest BCUT2D eigenvalue weighted by molar-refractivity contribution is 5.84. The van der Waals surface area contributed by atoms with Gasteiger partial charge >= 0.3 is 0 Å². The first kappa shape index (κ1) is 20.3. The van der Waals surface area contributed by atoms with Crippen LogP contribution in [0.25, 0.3) is 10.9 Å². The third kappa shape index (κ3) is 4.23. The van der Waals surface area contributed by atoms with Gasteiger partial charge in [0.15, 0.2) is 12.4 Å². The summed E-state index contributed by atoms with van der Waals surface area (Å²) in [5.41, 5.74) is 3.44. The predicted octanol–water partition coefficient (Wildman–Crippen LogP) is 4.73. The Morgan fingerprint density at radius 3 is 2.94 bits per heavy atom. The number of nitrogens with one attached hydrogen (secondary N) is 1. The van der Waals surface area contributed by atoms with Gasteiger partial charge in [-0.3, -0.25) is 4.79 Å². The zero-order chi connectivity index (χ0) is 21.9. The zero-order valence-corrected chi connectivity index (χ0v) is 18.1. The van der Waals surface area contributed by atoms with Crippen LogP contribution in [0, 0.1) is 6.92 Å². The number of H-pyrrole nitrogens is 1. The average Bonchev–Trinajstić information content (AvgIpc) is 3.56. The fourth-order valence-corrected chi connectivity index (χ4v) is 4.30. The summed E-state index contributed by atoms with van der Waals surface area (Å²) in [6, 6.07) is 15.8. The zero-order valence-electron chi connectivity index (χ0n) is 18.1. The molecule has 1 saturated heterocycles. The van der Waals surface area contributed by atoms with Gasteiger partial charge in [-0.15, -0.1) is 0 Å². The molecule has 1 N–H and O–H groups in total. The lowest BCUT2D eigenvalue weighted by atomic mass is 10.1. The number of para-hydroxylation sites is 1. The van der Waals surface area contributed by atoms with E-state index in [1.807, 2.05) is 60.5 Å². The van der Waals surface area contributed by atoms with Crippen molar-refractivity contribution in [1.29, 1.82) is 0 Å². The molecule has 32 heavy (non-hydrogen) atoms. The molecule has 1 atom stereocenters. The molecule has 1 aliphatic heterocycles. The van der Waals surface area contributed by atoms with Gasteiger partial charge in [-0.1, -0.05) is 41.1 Å². The Balaban J connectivity index is 1.20.